The minimum Gasteiger partial charge on any atom is -0.463 e. The summed E-state index contributed by atoms with van der Waals surface area (Å²) in [5.41, 5.74) is 3.37. The van der Waals surface area contributed by atoms with E-state index in [4.69, 9.17) is 27.6 Å². The molecule has 2 aromatic rings. The van der Waals surface area contributed by atoms with E-state index >= 15 is 0 Å². The molecule has 0 aliphatic carbocycles. The Morgan fingerprint density at radius 2 is 2.05 bits per heavy atom. The molecule has 0 bridgehead atoms. The third kappa shape index (κ3) is 3.36. The number of amides is 1. The summed E-state index contributed by atoms with van der Waals surface area (Å²) in [5, 5.41) is 4.66. The van der Waals surface area contributed by atoms with Gasteiger partial charge in [-0.1, -0.05) is 23.2 Å². The van der Waals surface area contributed by atoms with Gasteiger partial charge in [-0.2, -0.15) is 5.10 Å². The number of hydrogen-bond donors (Lipinski definition) is 1. The van der Waals surface area contributed by atoms with Crippen LogP contribution < -0.4 is 5.43 Å². The second-order valence-corrected chi connectivity index (χ2v) is 4.56. The van der Waals surface area contributed by atoms with Crippen LogP contribution in [0.25, 0.3) is 0 Å². The minimum atomic E-state index is -0.371. The molecular formula is C13H10Cl2N2O2. The lowest BCUT2D eigenvalue weighted by Gasteiger charge is -2.02. The first-order valence-corrected chi connectivity index (χ1v) is 6.17. The fourth-order valence-corrected chi connectivity index (χ4v) is 1.67. The van der Waals surface area contributed by atoms with Crippen molar-refractivity contribution in [1.29, 1.82) is 0 Å². The quantitative estimate of drug-likeness (QED) is 0.693. The van der Waals surface area contributed by atoms with Crippen LogP contribution in [0.5, 0.6) is 0 Å². The van der Waals surface area contributed by atoms with Gasteiger partial charge in [0.1, 0.15) is 11.5 Å². The number of halogens is 2. The third-order valence-electron chi connectivity index (χ3n) is 2.38. The summed E-state index contributed by atoms with van der Waals surface area (Å²) in [5.74, 6) is 0.221. The van der Waals surface area contributed by atoms with Crippen molar-refractivity contribution in [3.63, 3.8) is 0 Å². The molecule has 1 amide bonds. The van der Waals surface area contributed by atoms with E-state index in [2.05, 4.69) is 10.5 Å². The highest BCUT2D eigenvalue weighted by Crippen LogP contribution is 2.22. The van der Waals surface area contributed by atoms with Gasteiger partial charge in [-0.15, -0.1) is 0 Å². The molecule has 1 aromatic carbocycles. The molecule has 0 spiro atoms. The van der Waals surface area contributed by atoms with Crippen molar-refractivity contribution in [1.82, 2.24) is 5.43 Å². The van der Waals surface area contributed by atoms with E-state index in [-0.39, 0.29) is 5.91 Å². The number of hydrogen-bond acceptors (Lipinski definition) is 3. The average Bonchev–Trinajstić information content (AvgIpc) is 2.92. The maximum absolute atomic E-state index is 11.8. The molecule has 19 heavy (non-hydrogen) atoms. The lowest BCUT2D eigenvalue weighted by molar-refractivity contribution is 0.0955. The zero-order valence-corrected chi connectivity index (χ0v) is 11.5. The fraction of sp³-hybridized carbons (Fsp3) is 0.0769. The van der Waals surface area contributed by atoms with Crippen molar-refractivity contribution < 1.29 is 9.21 Å². The van der Waals surface area contributed by atoms with Crippen LogP contribution in [0.15, 0.2) is 46.1 Å². The molecule has 0 fully saturated rings. The van der Waals surface area contributed by atoms with Crippen LogP contribution in [0.4, 0.5) is 0 Å². The molecule has 0 radical (unpaired) electrons. The van der Waals surface area contributed by atoms with Gasteiger partial charge in [0.25, 0.3) is 5.91 Å². The van der Waals surface area contributed by atoms with Gasteiger partial charge in [0.05, 0.1) is 16.3 Å². The Balaban J connectivity index is 2.09. The highest BCUT2D eigenvalue weighted by atomic mass is 35.5. The van der Waals surface area contributed by atoms with Crippen LogP contribution in [0.3, 0.4) is 0 Å². The van der Waals surface area contributed by atoms with Crippen molar-refractivity contribution in [2.75, 3.05) is 0 Å². The lowest BCUT2D eigenvalue weighted by atomic mass is 10.2. The number of furan rings is 1. The van der Waals surface area contributed by atoms with Crippen molar-refractivity contribution >= 4 is 34.8 Å². The van der Waals surface area contributed by atoms with E-state index in [9.17, 15) is 4.79 Å². The first kappa shape index (κ1) is 13.6. The van der Waals surface area contributed by atoms with Gasteiger partial charge in [0.2, 0.25) is 0 Å². The highest BCUT2D eigenvalue weighted by Gasteiger charge is 2.08. The maximum atomic E-state index is 11.8. The second kappa shape index (κ2) is 5.91. The summed E-state index contributed by atoms with van der Waals surface area (Å²) in [6, 6.07) is 8.11. The standard InChI is InChI=1S/C13H10Cl2N2O2/c1-8(12-3-2-6-19-12)16-17-13(18)9-4-5-10(14)11(15)7-9/h2-7H,1H3,(H,17,18)/b16-8-. The summed E-state index contributed by atoms with van der Waals surface area (Å²) in [6.07, 6.45) is 1.54. The SMILES string of the molecule is C/C(=N/NC(=O)c1ccc(Cl)c(Cl)c1)c1ccco1. The number of nitrogens with zero attached hydrogens (tertiary/aromatic N) is 1. The monoisotopic (exact) mass is 296 g/mol. The molecule has 4 nitrogen and oxygen atoms in total. The third-order valence-corrected chi connectivity index (χ3v) is 3.12. The van der Waals surface area contributed by atoms with E-state index in [1.807, 2.05) is 0 Å². The van der Waals surface area contributed by atoms with Crippen molar-refractivity contribution in [2.24, 2.45) is 5.10 Å². The zero-order valence-electron chi connectivity index (χ0n) is 9.98. The molecule has 0 aliphatic rings. The molecule has 0 unspecified atom stereocenters. The molecule has 1 heterocycles. The summed E-state index contributed by atoms with van der Waals surface area (Å²) in [7, 11) is 0. The number of carbonyl (C=O) groups excluding carboxylic acids is 1. The van der Waals surface area contributed by atoms with Gasteiger partial charge >= 0.3 is 0 Å². The molecular weight excluding hydrogens is 287 g/mol. The summed E-state index contributed by atoms with van der Waals surface area (Å²) >= 11 is 11.6. The Bertz CT molecular complexity index is 622. The van der Waals surface area contributed by atoms with Crippen LogP contribution in [0.2, 0.25) is 10.0 Å². The predicted molar refractivity (Wildman–Crippen MR) is 74.8 cm³/mol. The molecule has 1 aromatic heterocycles. The van der Waals surface area contributed by atoms with Crippen molar-refractivity contribution in [3.05, 3.63) is 58.0 Å². The maximum Gasteiger partial charge on any atom is 0.271 e. The Hall–Kier alpha value is -1.78. The van der Waals surface area contributed by atoms with E-state index in [1.54, 1.807) is 31.2 Å². The molecule has 2 rings (SSSR count). The Labute approximate surface area is 120 Å². The van der Waals surface area contributed by atoms with Crippen molar-refractivity contribution in [3.8, 4) is 0 Å². The van der Waals surface area contributed by atoms with Crippen LogP contribution in [0.1, 0.15) is 23.0 Å². The largest absolute Gasteiger partial charge is 0.463 e. The predicted octanol–water partition coefficient (Wildman–Crippen LogP) is 3.74. The van der Waals surface area contributed by atoms with E-state index in [0.29, 0.717) is 27.1 Å². The molecule has 0 aliphatic heterocycles. The van der Waals surface area contributed by atoms with Gasteiger partial charge in [0, 0.05) is 5.56 Å². The van der Waals surface area contributed by atoms with E-state index in [1.165, 1.54) is 12.3 Å². The molecule has 0 saturated carbocycles. The Kier molecular flexibility index (Phi) is 4.24. The average molecular weight is 297 g/mol. The smallest absolute Gasteiger partial charge is 0.271 e. The number of hydrazone groups is 1. The van der Waals surface area contributed by atoms with Gasteiger partial charge < -0.3 is 4.42 Å². The van der Waals surface area contributed by atoms with Crippen LogP contribution >= 0.6 is 23.2 Å². The summed E-state index contributed by atoms with van der Waals surface area (Å²) in [4.78, 5) is 11.8. The van der Waals surface area contributed by atoms with Crippen molar-refractivity contribution in [2.45, 2.75) is 6.92 Å². The van der Waals surface area contributed by atoms with Crippen LogP contribution in [-0.2, 0) is 0 Å². The van der Waals surface area contributed by atoms with Crippen LogP contribution in [0, 0.1) is 0 Å². The molecule has 0 saturated heterocycles. The van der Waals surface area contributed by atoms with Gasteiger partial charge in [-0.3, -0.25) is 4.79 Å². The number of nitrogens with one attached hydrogen (secondary N) is 1. The normalized spacial score (nSPS) is 11.4. The number of carbonyl (C=O) groups is 1. The topological polar surface area (TPSA) is 54.6 Å². The number of benzene rings is 1. The van der Waals surface area contributed by atoms with Gasteiger partial charge in [0.15, 0.2) is 0 Å². The van der Waals surface area contributed by atoms with E-state index in [0.717, 1.165) is 0 Å². The van der Waals surface area contributed by atoms with Crippen LogP contribution in [-0.4, -0.2) is 11.6 Å². The minimum absolute atomic E-state index is 0.320. The molecule has 1 N–H and O–H groups in total. The first-order valence-electron chi connectivity index (χ1n) is 5.41. The Morgan fingerprint density at radius 1 is 1.26 bits per heavy atom. The molecule has 98 valence electrons. The highest BCUT2D eigenvalue weighted by molar-refractivity contribution is 6.42. The van der Waals surface area contributed by atoms with E-state index < -0.39 is 0 Å². The first-order chi connectivity index (χ1) is 9.08. The second-order valence-electron chi connectivity index (χ2n) is 3.74. The van der Waals surface area contributed by atoms with Gasteiger partial charge in [-0.25, -0.2) is 5.43 Å². The lowest BCUT2D eigenvalue weighted by Crippen LogP contribution is -2.19. The van der Waals surface area contributed by atoms with Gasteiger partial charge in [-0.05, 0) is 37.3 Å². The molecule has 6 heteroatoms. The fourth-order valence-electron chi connectivity index (χ4n) is 1.38. The summed E-state index contributed by atoms with van der Waals surface area (Å²) in [6.45, 7) is 1.73. The summed E-state index contributed by atoms with van der Waals surface area (Å²) < 4.78 is 5.15. The number of rotatable bonds is 3. The zero-order chi connectivity index (χ0) is 13.8. The molecule has 0 atom stereocenters. The Morgan fingerprint density at radius 3 is 2.68 bits per heavy atom.